The summed E-state index contributed by atoms with van der Waals surface area (Å²) in [5.41, 5.74) is 0. The molecular formula is C15H20N2O4. The molecule has 0 aromatic rings. The van der Waals surface area contributed by atoms with Gasteiger partial charge in [0.25, 0.3) is 5.91 Å². The molecule has 1 saturated heterocycles. The molecule has 0 N–H and O–H groups in total. The number of amides is 3. The molecule has 0 bridgehead atoms. The Morgan fingerprint density at radius 1 is 1.00 bits per heavy atom. The summed E-state index contributed by atoms with van der Waals surface area (Å²) in [6.45, 7) is 14.6. The van der Waals surface area contributed by atoms with E-state index in [2.05, 4.69) is 26.3 Å². The maximum absolute atomic E-state index is 12.4. The van der Waals surface area contributed by atoms with Crippen LogP contribution in [-0.2, 0) is 14.3 Å². The highest BCUT2D eigenvalue weighted by atomic mass is 16.5. The van der Waals surface area contributed by atoms with Gasteiger partial charge in [-0.25, -0.2) is 9.69 Å². The van der Waals surface area contributed by atoms with E-state index in [-0.39, 0.29) is 25.7 Å². The number of urea groups is 1. The first-order valence-electron chi connectivity index (χ1n) is 6.43. The molecule has 0 saturated carbocycles. The maximum Gasteiger partial charge on any atom is 0.331 e. The van der Waals surface area contributed by atoms with Crippen LogP contribution in [0.1, 0.15) is 0 Å². The minimum atomic E-state index is -0.835. The Morgan fingerprint density at radius 3 is 2.00 bits per heavy atom. The minimum Gasteiger partial charge on any atom is -0.350 e. The van der Waals surface area contributed by atoms with Crippen molar-refractivity contribution < 1.29 is 19.1 Å². The Bertz CT molecular complexity index is 447. The van der Waals surface area contributed by atoms with Crippen LogP contribution in [0.3, 0.4) is 0 Å². The molecule has 21 heavy (non-hydrogen) atoms. The number of ether oxygens (including phenoxy) is 2. The quantitative estimate of drug-likeness (QED) is 0.454. The Hall–Kier alpha value is -2.18. The lowest BCUT2D eigenvalue weighted by Crippen LogP contribution is -2.44. The van der Waals surface area contributed by atoms with Crippen LogP contribution >= 0.6 is 0 Å². The zero-order valence-corrected chi connectivity index (χ0v) is 11.9. The Morgan fingerprint density at radius 2 is 1.52 bits per heavy atom. The molecule has 3 amide bonds. The van der Waals surface area contributed by atoms with Crippen LogP contribution in [0.4, 0.5) is 4.79 Å². The topological polar surface area (TPSA) is 59.1 Å². The molecule has 1 aliphatic heterocycles. The number of hydrogen-bond acceptors (Lipinski definition) is 4. The first kappa shape index (κ1) is 16.9. The fourth-order valence-corrected chi connectivity index (χ4v) is 1.85. The SMILES string of the molecule is C=CCOC(C=C)N1CC(=O)N(C(C=C)OCC=C)C1=O. The highest BCUT2D eigenvalue weighted by Gasteiger charge is 2.42. The van der Waals surface area contributed by atoms with Crippen molar-refractivity contribution in [3.05, 3.63) is 50.6 Å². The summed E-state index contributed by atoms with van der Waals surface area (Å²) in [5.74, 6) is -0.386. The fraction of sp³-hybridized carbons (Fsp3) is 0.333. The summed E-state index contributed by atoms with van der Waals surface area (Å²) in [7, 11) is 0. The van der Waals surface area contributed by atoms with Crippen LogP contribution in [0.2, 0.25) is 0 Å². The van der Waals surface area contributed by atoms with E-state index in [0.29, 0.717) is 0 Å². The number of carbonyl (C=O) groups is 2. The van der Waals surface area contributed by atoms with Crippen molar-refractivity contribution in [1.82, 2.24) is 9.80 Å². The summed E-state index contributed by atoms with van der Waals surface area (Å²) in [5, 5.41) is 0. The van der Waals surface area contributed by atoms with Gasteiger partial charge < -0.3 is 9.47 Å². The second kappa shape index (κ2) is 8.18. The molecule has 1 rings (SSSR count). The summed E-state index contributed by atoms with van der Waals surface area (Å²) in [4.78, 5) is 26.7. The Labute approximate surface area is 124 Å². The van der Waals surface area contributed by atoms with E-state index >= 15 is 0 Å². The van der Waals surface area contributed by atoms with Crippen molar-refractivity contribution in [1.29, 1.82) is 0 Å². The molecular weight excluding hydrogens is 272 g/mol. The maximum atomic E-state index is 12.4. The molecule has 6 heteroatoms. The first-order chi connectivity index (χ1) is 10.1. The van der Waals surface area contributed by atoms with E-state index in [9.17, 15) is 9.59 Å². The normalized spacial score (nSPS) is 17.5. The van der Waals surface area contributed by atoms with Gasteiger partial charge in [-0.2, -0.15) is 0 Å². The molecule has 1 heterocycles. The second-order valence-electron chi connectivity index (χ2n) is 4.17. The zero-order valence-electron chi connectivity index (χ0n) is 11.9. The lowest BCUT2D eigenvalue weighted by Gasteiger charge is -2.26. The molecule has 0 spiro atoms. The van der Waals surface area contributed by atoms with Crippen molar-refractivity contribution in [2.75, 3.05) is 19.8 Å². The van der Waals surface area contributed by atoms with Gasteiger partial charge in [-0.1, -0.05) is 25.3 Å². The molecule has 1 aliphatic rings. The molecule has 0 aromatic carbocycles. The predicted octanol–water partition coefficient (Wildman–Crippen LogP) is 1.68. The molecule has 2 unspecified atom stereocenters. The van der Waals surface area contributed by atoms with Gasteiger partial charge in [0.1, 0.15) is 6.54 Å². The van der Waals surface area contributed by atoms with E-state index in [1.165, 1.54) is 23.1 Å². The van der Waals surface area contributed by atoms with Gasteiger partial charge in [0, 0.05) is 0 Å². The Kier molecular flexibility index (Phi) is 6.58. The van der Waals surface area contributed by atoms with Gasteiger partial charge in [0.2, 0.25) is 0 Å². The standard InChI is InChI=1S/C15H20N2O4/c1-5-9-20-13(7-3)16-11-12(18)17(15(16)19)14(8-4)21-10-6-2/h5-8,13-14H,1-4,9-11H2. The summed E-state index contributed by atoms with van der Waals surface area (Å²) >= 11 is 0. The van der Waals surface area contributed by atoms with Gasteiger partial charge in [0.05, 0.1) is 13.2 Å². The van der Waals surface area contributed by atoms with E-state index in [0.717, 1.165) is 4.90 Å². The van der Waals surface area contributed by atoms with Gasteiger partial charge in [-0.3, -0.25) is 9.69 Å². The lowest BCUT2D eigenvalue weighted by atomic mass is 10.4. The molecule has 0 aromatic heterocycles. The summed E-state index contributed by atoms with van der Waals surface area (Å²) in [6, 6.07) is -0.511. The summed E-state index contributed by atoms with van der Waals surface area (Å²) in [6.07, 6.45) is 4.38. The molecule has 0 aliphatic carbocycles. The van der Waals surface area contributed by atoms with Crippen LogP contribution < -0.4 is 0 Å². The third-order valence-corrected chi connectivity index (χ3v) is 2.76. The summed E-state index contributed by atoms with van der Waals surface area (Å²) < 4.78 is 10.7. The van der Waals surface area contributed by atoms with Gasteiger partial charge in [0.15, 0.2) is 12.5 Å². The molecule has 114 valence electrons. The van der Waals surface area contributed by atoms with E-state index in [4.69, 9.17) is 9.47 Å². The lowest BCUT2D eigenvalue weighted by molar-refractivity contribution is -0.132. The van der Waals surface area contributed by atoms with Crippen LogP contribution in [0.5, 0.6) is 0 Å². The van der Waals surface area contributed by atoms with Gasteiger partial charge in [-0.05, 0) is 12.2 Å². The first-order valence-corrected chi connectivity index (χ1v) is 6.43. The highest BCUT2D eigenvalue weighted by Crippen LogP contribution is 2.19. The van der Waals surface area contributed by atoms with Crippen LogP contribution in [-0.4, -0.2) is 54.0 Å². The third-order valence-electron chi connectivity index (χ3n) is 2.76. The van der Waals surface area contributed by atoms with Crippen molar-refractivity contribution in [3.8, 4) is 0 Å². The number of hydrogen-bond donors (Lipinski definition) is 0. The number of carbonyl (C=O) groups excluding carboxylic acids is 2. The average Bonchev–Trinajstić information content (AvgIpc) is 2.77. The van der Waals surface area contributed by atoms with Gasteiger partial charge >= 0.3 is 6.03 Å². The highest BCUT2D eigenvalue weighted by molar-refractivity contribution is 6.02. The number of nitrogens with zero attached hydrogens (tertiary/aromatic N) is 2. The van der Waals surface area contributed by atoms with E-state index in [1.54, 1.807) is 6.08 Å². The van der Waals surface area contributed by atoms with Crippen molar-refractivity contribution in [3.63, 3.8) is 0 Å². The zero-order chi connectivity index (χ0) is 15.8. The van der Waals surface area contributed by atoms with Crippen LogP contribution in [0.25, 0.3) is 0 Å². The molecule has 2 atom stereocenters. The minimum absolute atomic E-state index is 0.103. The Balaban J connectivity index is 2.85. The van der Waals surface area contributed by atoms with Crippen molar-refractivity contribution >= 4 is 11.9 Å². The van der Waals surface area contributed by atoms with Gasteiger partial charge in [-0.15, -0.1) is 13.2 Å². The van der Waals surface area contributed by atoms with E-state index in [1.807, 2.05) is 0 Å². The molecule has 1 fully saturated rings. The monoisotopic (exact) mass is 292 g/mol. The van der Waals surface area contributed by atoms with Crippen molar-refractivity contribution in [2.45, 2.75) is 12.5 Å². The average molecular weight is 292 g/mol. The van der Waals surface area contributed by atoms with Crippen molar-refractivity contribution in [2.24, 2.45) is 0 Å². The largest absolute Gasteiger partial charge is 0.350 e. The third kappa shape index (κ3) is 3.90. The smallest absolute Gasteiger partial charge is 0.331 e. The van der Waals surface area contributed by atoms with E-state index < -0.39 is 18.5 Å². The fourth-order valence-electron chi connectivity index (χ4n) is 1.85. The van der Waals surface area contributed by atoms with Crippen LogP contribution in [0, 0.1) is 0 Å². The second-order valence-corrected chi connectivity index (χ2v) is 4.17. The van der Waals surface area contributed by atoms with Crippen LogP contribution in [0.15, 0.2) is 50.6 Å². The number of rotatable bonds is 10. The molecule has 0 radical (unpaired) electrons. The molecule has 6 nitrogen and oxygen atoms in total. The predicted molar refractivity (Wildman–Crippen MR) is 79.2 cm³/mol. The number of imide groups is 1.